The molecular formula is C35H33Cl4N3O4S. The van der Waals surface area contributed by atoms with Crippen LogP contribution >= 0.6 is 46.4 Å². The summed E-state index contributed by atoms with van der Waals surface area (Å²) >= 11 is 25.3. The topological polar surface area (TPSA) is 86.8 Å². The highest BCUT2D eigenvalue weighted by atomic mass is 35.5. The van der Waals surface area contributed by atoms with Crippen molar-refractivity contribution in [2.45, 2.75) is 55.6 Å². The van der Waals surface area contributed by atoms with Gasteiger partial charge in [-0.1, -0.05) is 114 Å². The van der Waals surface area contributed by atoms with Gasteiger partial charge in [-0.3, -0.25) is 13.9 Å². The van der Waals surface area contributed by atoms with Gasteiger partial charge in [0.25, 0.3) is 10.0 Å². The number of halogens is 4. The van der Waals surface area contributed by atoms with Crippen LogP contribution in [0.4, 0.5) is 5.69 Å². The van der Waals surface area contributed by atoms with Crippen molar-refractivity contribution in [1.82, 2.24) is 10.2 Å². The fraction of sp³-hybridized carbons (Fsp3) is 0.257. The molecule has 0 radical (unpaired) electrons. The van der Waals surface area contributed by atoms with Crippen LogP contribution in [0.3, 0.4) is 0 Å². The molecule has 0 unspecified atom stereocenters. The van der Waals surface area contributed by atoms with Crippen LogP contribution in [0.1, 0.15) is 36.8 Å². The highest BCUT2D eigenvalue weighted by Gasteiger charge is 2.36. The first-order chi connectivity index (χ1) is 22.5. The van der Waals surface area contributed by atoms with E-state index in [9.17, 15) is 18.0 Å². The number of hydrogen-bond acceptors (Lipinski definition) is 4. The highest BCUT2D eigenvalue weighted by Crippen LogP contribution is 2.33. The molecule has 47 heavy (non-hydrogen) atoms. The van der Waals surface area contributed by atoms with Crippen molar-refractivity contribution in [3.63, 3.8) is 0 Å². The standard InChI is InChI=1S/C35H33Cl4N3O4S/c36-26-16-18-32(31(39)21-26)42(47(45,46)28-13-5-2-6-14-28)23-34(43)41(22-25-15-17-29(37)30(38)19-25)33(20-24-9-3-1-4-10-24)35(44)40-27-11-7-8-12-27/h1-6,9-10,13-19,21,27,33H,7-8,11-12,20,22-23H2,(H,40,44)/t33-/m0/s1. The SMILES string of the molecule is O=C(NC1CCCC1)[C@H](Cc1ccccc1)N(Cc1ccc(Cl)c(Cl)c1)C(=O)CN(c1ccc(Cl)cc1Cl)S(=O)(=O)c1ccccc1. The van der Waals surface area contributed by atoms with E-state index in [1.807, 2.05) is 30.3 Å². The number of sulfonamides is 1. The minimum Gasteiger partial charge on any atom is -0.352 e. The fourth-order valence-electron chi connectivity index (χ4n) is 5.67. The van der Waals surface area contributed by atoms with Crippen LogP contribution in [0.25, 0.3) is 0 Å². The molecule has 7 nitrogen and oxygen atoms in total. The van der Waals surface area contributed by atoms with Crippen molar-refractivity contribution in [1.29, 1.82) is 0 Å². The second kappa shape index (κ2) is 15.8. The molecule has 1 atom stereocenters. The van der Waals surface area contributed by atoms with Gasteiger partial charge in [-0.15, -0.1) is 0 Å². The minimum atomic E-state index is -4.31. The van der Waals surface area contributed by atoms with Crippen molar-refractivity contribution >= 4 is 73.9 Å². The number of carbonyl (C=O) groups excluding carboxylic acids is 2. The Labute approximate surface area is 295 Å². The van der Waals surface area contributed by atoms with Crippen molar-refractivity contribution in [2.24, 2.45) is 0 Å². The highest BCUT2D eigenvalue weighted by molar-refractivity contribution is 7.92. The molecule has 0 bridgehead atoms. The van der Waals surface area contributed by atoms with Gasteiger partial charge >= 0.3 is 0 Å². The van der Waals surface area contributed by atoms with E-state index < -0.39 is 28.5 Å². The first-order valence-electron chi connectivity index (χ1n) is 15.1. The van der Waals surface area contributed by atoms with E-state index in [4.69, 9.17) is 46.4 Å². The first-order valence-corrected chi connectivity index (χ1v) is 18.1. The maximum atomic E-state index is 14.6. The molecule has 4 aromatic carbocycles. The molecule has 1 aliphatic rings. The number of nitrogens with one attached hydrogen (secondary N) is 1. The summed E-state index contributed by atoms with van der Waals surface area (Å²) in [6.07, 6.45) is 3.91. The molecule has 5 rings (SSSR count). The van der Waals surface area contributed by atoms with Crippen molar-refractivity contribution in [3.05, 3.63) is 128 Å². The average Bonchev–Trinajstić information content (AvgIpc) is 3.57. The van der Waals surface area contributed by atoms with Gasteiger partial charge < -0.3 is 10.2 Å². The van der Waals surface area contributed by atoms with Gasteiger partial charge in [0.05, 0.1) is 25.7 Å². The van der Waals surface area contributed by atoms with Crippen LogP contribution in [0, 0.1) is 0 Å². The Morgan fingerprint density at radius 1 is 0.766 bits per heavy atom. The molecule has 0 aliphatic heterocycles. The summed E-state index contributed by atoms with van der Waals surface area (Å²) in [5, 5.41) is 4.12. The van der Waals surface area contributed by atoms with Gasteiger partial charge in [0.2, 0.25) is 11.8 Å². The van der Waals surface area contributed by atoms with Gasteiger partial charge in [-0.05, 0) is 66.4 Å². The Bertz CT molecular complexity index is 1820. The van der Waals surface area contributed by atoms with Crippen LogP contribution < -0.4 is 9.62 Å². The summed E-state index contributed by atoms with van der Waals surface area (Å²) < 4.78 is 29.2. The molecule has 1 saturated carbocycles. The van der Waals surface area contributed by atoms with Gasteiger partial charge in [0.15, 0.2) is 0 Å². The van der Waals surface area contributed by atoms with E-state index in [0.29, 0.717) is 15.6 Å². The third-order valence-corrected chi connectivity index (χ3v) is 11.1. The summed E-state index contributed by atoms with van der Waals surface area (Å²) in [6.45, 7) is -0.694. The zero-order chi connectivity index (χ0) is 33.6. The molecule has 1 fully saturated rings. The largest absolute Gasteiger partial charge is 0.352 e. The van der Waals surface area contributed by atoms with Crippen LogP contribution in [-0.2, 0) is 32.6 Å². The summed E-state index contributed by atoms with van der Waals surface area (Å²) in [4.78, 5) is 30.1. The number of nitrogens with zero attached hydrogens (tertiary/aromatic N) is 2. The molecule has 0 aromatic heterocycles. The maximum Gasteiger partial charge on any atom is 0.264 e. The van der Waals surface area contributed by atoms with E-state index >= 15 is 0 Å². The molecule has 2 amide bonds. The third-order valence-electron chi connectivity index (χ3n) is 8.10. The van der Waals surface area contributed by atoms with Crippen molar-refractivity contribution in [2.75, 3.05) is 10.8 Å². The first kappa shape index (κ1) is 35.0. The van der Waals surface area contributed by atoms with Crippen LogP contribution in [0.5, 0.6) is 0 Å². The Balaban J connectivity index is 1.59. The van der Waals surface area contributed by atoms with E-state index in [-0.39, 0.29) is 45.5 Å². The predicted molar refractivity (Wildman–Crippen MR) is 189 cm³/mol. The number of amides is 2. The second-order valence-corrected chi connectivity index (χ2v) is 14.9. The Morgan fingerprint density at radius 3 is 2.06 bits per heavy atom. The van der Waals surface area contributed by atoms with Gasteiger partial charge in [0.1, 0.15) is 12.6 Å². The number of rotatable bonds is 12. The molecule has 12 heteroatoms. The lowest BCUT2D eigenvalue weighted by atomic mass is 10.0. The lowest BCUT2D eigenvalue weighted by molar-refractivity contribution is -0.140. The van der Waals surface area contributed by atoms with Crippen LogP contribution in [-0.4, -0.2) is 43.8 Å². The predicted octanol–water partition coefficient (Wildman–Crippen LogP) is 8.19. The lowest BCUT2D eigenvalue weighted by Crippen LogP contribution is -2.54. The zero-order valence-electron chi connectivity index (χ0n) is 25.3. The summed E-state index contributed by atoms with van der Waals surface area (Å²) in [5.41, 5.74) is 1.51. The Morgan fingerprint density at radius 2 is 1.43 bits per heavy atom. The maximum absolute atomic E-state index is 14.6. The van der Waals surface area contributed by atoms with Crippen molar-refractivity contribution < 1.29 is 18.0 Å². The van der Waals surface area contributed by atoms with E-state index in [1.54, 1.807) is 36.4 Å². The normalized spacial score (nSPS) is 14.0. The molecule has 1 N–H and O–H groups in total. The Hall–Kier alpha value is -3.27. The molecule has 0 spiro atoms. The number of benzene rings is 4. The molecular weight excluding hydrogens is 700 g/mol. The van der Waals surface area contributed by atoms with E-state index in [2.05, 4.69) is 5.32 Å². The minimum absolute atomic E-state index is 0.00877. The number of hydrogen-bond donors (Lipinski definition) is 1. The molecule has 4 aromatic rings. The van der Waals surface area contributed by atoms with Gasteiger partial charge in [0, 0.05) is 24.0 Å². The van der Waals surface area contributed by atoms with E-state index in [1.165, 1.54) is 35.2 Å². The van der Waals surface area contributed by atoms with Gasteiger partial charge in [-0.25, -0.2) is 8.42 Å². The zero-order valence-corrected chi connectivity index (χ0v) is 29.1. The second-order valence-electron chi connectivity index (χ2n) is 11.4. The summed E-state index contributed by atoms with van der Waals surface area (Å²) in [6, 6.07) is 25.5. The average molecular weight is 734 g/mol. The lowest BCUT2D eigenvalue weighted by Gasteiger charge is -2.34. The molecule has 1 aliphatic carbocycles. The molecule has 246 valence electrons. The summed E-state index contributed by atoms with van der Waals surface area (Å²) in [5.74, 6) is -0.944. The third kappa shape index (κ3) is 8.80. The van der Waals surface area contributed by atoms with Gasteiger partial charge in [-0.2, -0.15) is 0 Å². The summed E-state index contributed by atoms with van der Waals surface area (Å²) in [7, 11) is -4.31. The fourth-order valence-corrected chi connectivity index (χ4v) is 8.01. The van der Waals surface area contributed by atoms with E-state index in [0.717, 1.165) is 35.6 Å². The molecule has 0 saturated heterocycles. The number of carbonyl (C=O) groups is 2. The Kier molecular flexibility index (Phi) is 11.7. The van der Waals surface area contributed by atoms with Crippen LogP contribution in [0.2, 0.25) is 20.1 Å². The van der Waals surface area contributed by atoms with Crippen molar-refractivity contribution in [3.8, 4) is 0 Å². The number of anilines is 1. The molecule has 0 heterocycles. The monoisotopic (exact) mass is 731 g/mol. The van der Waals surface area contributed by atoms with Crippen LogP contribution in [0.15, 0.2) is 102 Å². The quantitative estimate of drug-likeness (QED) is 0.159. The smallest absolute Gasteiger partial charge is 0.264 e.